The summed E-state index contributed by atoms with van der Waals surface area (Å²) < 4.78 is 5.74. The van der Waals surface area contributed by atoms with Crippen molar-refractivity contribution in [1.82, 2.24) is 4.98 Å². The van der Waals surface area contributed by atoms with Crippen molar-refractivity contribution in [2.75, 3.05) is 0 Å². The van der Waals surface area contributed by atoms with Crippen molar-refractivity contribution in [1.29, 1.82) is 0 Å². The van der Waals surface area contributed by atoms with Gasteiger partial charge in [0.25, 0.3) is 0 Å². The Hall–Kier alpha value is -1.87. The van der Waals surface area contributed by atoms with Gasteiger partial charge in [-0.25, -0.2) is 0 Å². The molecular formula is C17H21NO2. The third kappa shape index (κ3) is 4.35. The maximum atomic E-state index is 9.27. The van der Waals surface area contributed by atoms with Gasteiger partial charge >= 0.3 is 0 Å². The van der Waals surface area contributed by atoms with Gasteiger partial charge in [0.1, 0.15) is 12.4 Å². The van der Waals surface area contributed by atoms with Crippen molar-refractivity contribution in [3.8, 4) is 5.75 Å². The number of pyridine rings is 1. The number of benzene rings is 1. The van der Waals surface area contributed by atoms with E-state index < -0.39 is 0 Å². The van der Waals surface area contributed by atoms with Crippen molar-refractivity contribution >= 4 is 0 Å². The topological polar surface area (TPSA) is 42.4 Å². The molecule has 0 aliphatic carbocycles. The minimum absolute atomic E-state index is 0.252. The van der Waals surface area contributed by atoms with E-state index in [9.17, 15) is 5.11 Å². The number of aliphatic hydroxyl groups is 1. The molecule has 0 spiro atoms. The lowest BCUT2D eigenvalue weighted by molar-refractivity contribution is 0.185. The Morgan fingerprint density at radius 1 is 1.20 bits per heavy atom. The zero-order chi connectivity index (χ0) is 14.4. The molecule has 1 unspecified atom stereocenters. The van der Waals surface area contributed by atoms with Gasteiger partial charge in [-0.05, 0) is 56.0 Å². The fourth-order valence-corrected chi connectivity index (χ4v) is 1.95. The maximum absolute atomic E-state index is 9.27. The number of hydrogen-bond donors (Lipinski definition) is 1. The molecule has 0 saturated carbocycles. The molecule has 2 aromatic rings. The molecule has 0 amide bonds. The van der Waals surface area contributed by atoms with Gasteiger partial charge in [0, 0.05) is 6.20 Å². The van der Waals surface area contributed by atoms with Gasteiger partial charge in [-0.3, -0.25) is 4.98 Å². The highest BCUT2D eigenvalue weighted by Gasteiger charge is 2.02. The van der Waals surface area contributed by atoms with E-state index in [2.05, 4.69) is 4.98 Å². The smallest absolute Gasteiger partial charge is 0.130 e. The number of aliphatic hydroxyl groups excluding tert-OH is 1. The van der Waals surface area contributed by atoms with E-state index in [-0.39, 0.29) is 6.10 Å². The van der Waals surface area contributed by atoms with Crippen LogP contribution in [-0.2, 0) is 13.0 Å². The Kier molecular flexibility index (Phi) is 5.13. The molecule has 3 nitrogen and oxygen atoms in total. The quantitative estimate of drug-likeness (QED) is 0.876. The standard InChI is InChI=1S/C17H21NO2/c1-13-4-3-11-18-17(13)12-20-16-9-7-15(8-10-16)6-5-14(2)19/h3-4,7-11,14,19H,5-6,12H2,1-2H3. The van der Waals surface area contributed by atoms with E-state index >= 15 is 0 Å². The van der Waals surface area contributed by atoms with Crippen molar-refractivity contribution in [3.63, 3.8) is 0 Å². The predicted octanol–water partition coefficient (Wildman–Crippen LogP) is 3.28. The van der Waals surface area contributed by atoms with Gasteiger partial charge in [0.05, 0.1) is 11.8 Å². The molecule has 0 saturated heterocycles. The predicted molar refractivity (Wildman–Crippen MR) is 79.7 cm³/mol. The molecule has 0 bridgehead atoms. The number of ether oxygens (including phenoxy) is 1. The van der Waals surface area contributed by atoms with Gasteiger partial charge < -0.3 is 9.84 Å². The highest BCUT2D eigenvalue weighted by Crippen LogP contribution is 2.16. The molecular weight excluding hydrogens is 250 g/mol. The third-order valence-electron chi connectivity index (χ3n) is 3.27. The zero-order valence-electron chi connectivity index (χ0n) is 12.0. The third-order valence-corrected chi connectivity index (χ3v) is 3.27. The molecule has 3 heteroatoms. The summed E-state index contributed by atoms with van der Waals surface area (Å²) in [5, 5.41) is 9.27. The molecule has 1 aromatic carbocycles. The molecule has 0 aliphatic heterocycles. The summed E-state index contributed by atoms with van der Waals surface area (Å²) in [5.74, 6) is 0.843. The lowest BCUT2D eigenvalue weighted by Gasteiger charge is -2.09. The molecule has 0 radical (unpaired) electrons. The van der Waals surface area contributed by atoms with E-state index in [1.54, 1.807) is 6.20 Å². The molecule has 1 aromatic heterocycles. The minimum Gasteiger partial charge on any atom is -0.487 e. The van der Waals surface area contributed by atoms with Crippen LogP contribution in [0.15, 0.2) is 42.6 Å². The normalized spacial score (nSPS) is 12.2. The lowest BCUT2D eigenvalue weighted by atomic mass is 10.1. The Balaban J connectivity index is 1.89. The second-order valence-electron chi connectivity index (χ2n) is 5.09. The molecule has 1 N–H and O–H groups in total. The van der Waals surface area contributed by atoms with Gasteiger partial charge in [0.2, 0.25) is 0 Å². The number of aromatic nitrogens is 1. The van der Waals surface area contributed by atoms with E-state index in [1.807, 2.05) is 50.2 Å². The Morgan fingerprint density at radius 2 is 1.95 bits per heavy atom. The number of hydrogen-bond acceptors (Lipinski definition) is 3. The first-order valence-corrected chi connectivity index (χ1v) is 6.95. The molecule has 0 fully saturated rings. The van der Waals surface area contributed by atoms with E-state index in [1.165, 1.54) is 5.56 Å². The van der Waals surface area contributed by atoms with Crippen LogP contribution in [0, 0.1) is 6.92 Å². The van der Waals surface area contributed by atoms with Gasteiger partial charge in [-0.1, -0.05) is 18.2 Å². The van der Waals surface area contributed by atoms with Gasteiger partial charge in [0.15, 0.2) is 0 Å². The molecule has 1 heterocycles. The van der Waals surface area contributed by atoms with Crippen LogP contribution in [0.4, 0.5) is 0 Å². The van der Waals surface area contributed by atoms with Gasteiger partial charge in [-0.2, -0.15) is 0 Å². The van der Waals surface area contributed by atoms with Crippen molar-refractivity contribution in [3.05, 3.63) is 59.4 Å². The fraction of sp³-hybridized carbons (Fsp3) is 0.353. The van der Waals surface area contributed by atoms with Crippen molar-refractivity contribution < 1.29 is 9.84 Å². The number of nitrogens with zero attached hydrogens (tertiary/aromatic N) is 1. The van der Waals surface area contributed by atoms with Crippen molar-refractivity contribution in [2.24, 2.45) is 0 Å². The van der Waals surface area contributed by atoms with Crippen LogP contribution in [0.3, 0.4) is 0 Å². The second kappa shape index (κ2) is 7.06. The first-order valence-electron chi connectivity index (χ1n) is 6.95. The second-order valence-corrected chi connectivity index (χ2v) is 5.09. The maximum Gasteiger partial charge on any atom is 0.130 e. The summed E-state index contributed by atoms with van der Waals surface area (Å²) in [6.45, 7) is 4.33. The number of aryl methyl sites for hydroxylation is 2. The lowest BCUT2D eigenvalue weighted by Crippen LogP contribution is -2.02. The summed E-state index contributed by atoms with van der Waals surface area (Å²) in [6, 6.07) is 12.0. The molecule has 0 aliphatic rings. The Bertz CT molecular complexity index is 535. The summed E-state index contributed by atoms with van der Waals surface area (Å²) >= 11 is 0. The van der Waals surface area contributed by atoms with Crippen molar-refractivity contribution in [2.45, 2.75) is 39.4 Å². The van der Waals surface area contributed by atoms with Crippen LogP contribution in [0.1, 0.15) is 30.2 Å². The first kappa shape index (κ1) is 14.5. The summed E-state index contributed by atoms with van der Waals surface area (Å²) in [5.41, 5.74) is 3.32. The van der Waals surface area contributed by atoms with Crippen LogP contribution in [0.5, 0.6) is 5.75 Å². The Labute approximate surface area is 120 Å². The fourth-order valence-electron chi connectivity index (χ4n) is 1.95. The largest absolute Gasteiger partial charge is 0.487 e. The Morgan fingerprint density at radius 3 is 2.60 bits per heavy atom. The summed E-state index contributed by atoms with van der Waals surface area (Å²) in [7, 11) is 0. The zero-order valence-corrected chi connectivity index (χ0v) is 12.0. The van der Waals surface area contributed by atoms with Crippen LogP contribution < -0.4 is 4.74 Å². The number of rotatable bonds is 6. The van der Waals surface area contributed by atoms with E-state index in [0.717, 1.165) is 29.8 Å². The minimum atomic E-state index is -0.252. The monoisotopic (exact) mass is 271 g/mol. The van der Waals surface area contributed by atoms with Gasteiger partial charge in [-0.15, -0.1) is 0 Å². The highest BCUT2D eigenvalue weighted by molar-refractivity contribution is 5.28. The van der Waals surface area contributed by atoms with Crippen LogP contribution in [-0.4, -0.2) is 16.2 Å². The molecule has 1 atom stereocenters. The molecule has 2 rings (SSSR count). The summed E-state index contributed by atoms with van der Waals surface area (Å²) in [6.07, 6.45) is 3.20. The van der Waals surface area contributed by atoms with Crippen LogP contribution >= 0.6 is 0 Å². The average Bonchev–Trinajstić information content (AvgIpc) is 2.45. The summed E-state index contributed by atoms with van der Waals surface area (Å²) in [4.78, 5) is 4.31. The average molecular weight is 271 g/mol. The first-order chi connectivity index (χ1) is 9.65. The highest BCUT2D eigenvalue weighted by atomic mass is 16.5. The van der Waals surface area contributed by atoms with Crippen LogP contribution in [0.2, 0.25) is 0 Å². The van der Waals surface area contributed by atoms with E-state index in [4.69, 9.17) is 4.74 Å². The van der Waals surface area contributed by atoms with Crippen LogP contribution in [0.25, 0.3) is 0 Å². The molecule has 106 valence electrons. The van der Waals surface area contributed by atoms with E-state index in [0.29, 0.717) is 6.61 Å². The SMILES string of the molecule is Cc1cccnc1COc1ccc(CCC(C)O)cc1. The molecule has 20 heavy (non-hydrogen) atoms.